The molecule has 1 aliphatic carbocycles. The third-order valence-electron chi connectivity index (χ3n) is 8.01. The predicted octanol–water partition coefficient (Wildman–Crippen LogP) is 6.36. The van der Waals surface area contributed by atoms with E-state index >= 15 is 0 Å². The summed E-state index contributed by atoms with van der Waals surface area (Å²) < 4.78 is 5.79. The van der Waals surface area contributed by atoms with Crippen LogP contribution in [0.3, 0.4) is 0 Å². The molecule has 2 aromatic carbocycles. The first kappa shape index (κ1) is 25.9. The van der Waals surface area contributed by atoms with Gasteiger partial charge < -0.3 is 14.4 Å². The van der Waals surface area contributed by atoms with Crippen molar-refractivity contribution in [2.75, 3.05) is 7.05 Å². The molecule has 36 heavy (non-hydrogen) atoms. The molecule has 3 aromatic rings. The van der Waals surface area contributed by atoms with Crippen LogP contribution in [0, 0.1) is 6.92 Å². The Kier molecular flexibility index (Phi) is 6.74. The highest BCUT2D eigenvalue weighted by atomic mass is 16.4. The number of likely N-dealkylation sites (N-methyl/N-ethyl adjacent to an activating group) is 1. The maximum atomic E-state index is 13.5. The van der Waals surface area contributed by atoms with Gasteiger partial charge in [-0.05, 0) is 78.0 Å². The molecule has 0 saturated carbocycles. The summed E-state index contributed by atoms with van der Waals surface area (Å²) >= 11 is 0. The van der Waals surface area contributed by atoms with E-state index in [9.17, 15) is 14.7 Å². The lowest BCUT2D eigenvalue weighted by molar-refractivity contribution is 0.0460. The zero-order valence-corrected chi connectivity index (χ0v) is 22.4. The summed E-state index contributed by atoms with van der Waals surface area (Å²) in [5.74, 6) is -0.404. The molecule has 1 aromatic heterocycles. The maximum absolute atomic E-state index is 13.5. The number of aliphatic hydroxyl groups is 1. The van der Waals surface area contributed by atoms with Gasteiger partial charge in [0.25, 0.3) is 5.91 Å². The molecule has 5 nitrogen and oxygen atoms in total. The smallest absolute Gasteiger partial charge is 0.289 e. The third-order valence-corrected chi connectivity index (χ3v) is 8.01. The van der Waals surface area contributed by atoms with Crippen molar-refractivity contribution in [3.05, 3.63) is 93.9 Å². The number of rotatable bonds is 6. The van der Waals surface area contributed by atoms with E-state index < -0.39 is 12.1 Å². The molecule has 0 unspecified atom stereocenters. The van der Waals surface area contributed by atoms with Gasteiger partial charge in [0.2, 0.25) is 5.78 Å². The second kappa shape index (κ2) is 9.36. The standard InChI is InChI=1S/C31H37NO4/c1-19-17-23-24(31(5,6)16-15-30(23,3)4)18-22(19)28(34)25-13-14-26(36-25)29(35)32(7)20(2)27(33)21-11-9-8-10-12-21/h8-14,17-18,20,27,33H,15-16H2,1-7H3/t20-,27-/m1/s1. The van der Waals surface area contributed by atoms with Crippen LogP contribution in [0.25, 0.3) is 0 Å². The first-order chi connectivity index (χ1) is 16.8. The van der Waals surface area contributed by atoms with Crippen LogP contribution < -0.4 is 0 Å². The number of nitrogens with zero attached hydrogens (tertiary/aromatic N) is 1. The number of aryl methyl sites for hydroxylation is 1. The minimum Gasteiger partial charge on any atom is -0.447 e. The van der Waals surface area contributed by atoms with Gasteiger partial charge in [0.05, 0.1) is 12.1 Å². The summed E-state index contributed by atoms with van der Waals surface area (Å²) in [6, 6.07) is 16.0. The van der Waals surface area contributed by atoms with Crippen molar-refractivity contribution in [2.45, 2.75) is 77.4 Å². The first-order valence-corrected chi connectivity index (χ1v) is 12.6. The van der Waals surface area contributed by atoms with Gasteiger partial charge >= 0.3 is 0 Å². The Bertz CT molecular complexity index is 1290. The summed E-state index contributed by atoms with van der Waals surface area (Å²) in [6.07, 6.45) is 1.32. The highest BCUT2D eigenvalue weighted by molar-refractivity contribution is 6.09. The maximum Gasteiger partial charge on any atom is 0.289 e. The summed E-state index contributed by atoms with van der Waals surface area (Å²) in [6.45, 7) is 12.7. The van der Waals surface area contributed by atoms with Gasteiger partial charge in [-0.1, -0.05) is 64.1 Å². The number of aliphatic hydroxyl groups excluding tert-OH is 1. The molecule has 0 radical (unpaired) electrons. The molecule has 1 N–H and O–H groups in total. The first-order valence-electron chi connectivity index (χ1n) is 12.6. The quantitative estimate of drug-likeness (QED) is 0.411. The van der Waals surface area contributed by atoms with Crippen LogP contribution in [0.2, 0.25) is 0 Å². The fourth-order valence-electron chi connectivity index (χ4n) is 5.17. The molecular weight excluding hydrogens is 450 g/mol. The topological polar surface area (TPSA) is 70.8 Å². The molecule has 1 heterocycles. The molecule has 1 amide bonds. The second-order valence-corrected chi connectivity index (χ2v) is 11.5. The highest BCUT2D eigenvalue weighted by Crippen LogP contribution is 2.46. The van der Waals surface area contributed by atoms with Gasteiger partial charge in [0, 0.05) is 12.6 Å². The zero-order chi connectivity index (χ0) is 26.4. The predicted molar refractivity (Wildman–Crippen MR) is 142 cm³/mol. The van der Waals surface area contributed by atoms with Crippen LogP contribution in [0.5, 0.6) is 0 Å². The monoisotopic (exact) mass is 487 g/mol. The van der Waals surface area contributed by atoms with Crippen molar-refractivity contribution >= 4 is 11.7 Å². The number of hydrogen-bond acceptors (Lipinski definition) is 4. The van der Waals surface area contributed by atoms with E-state index in [0.717, 1.165) is 24.0 Å². The molecule has 0 bridgehead atoms. The van der Waals surface area contributed by atoms with Crippen LogP contribution >= 0.6 is 0 Å². The summed E-state index contributed by atoms with van der Waals surface area (Å²) in [7, 11) is 1.63. The molecule has 0 aliphatic heterocycles. The lowest BCUT2D eigenvalue weighted by atomic mass is 9.62. The van der Waals surface area contributed by atoms with E-state index in [4.69, 9.17) is 4.42 Å². The Morgan fingerprint density at radius 3 is 2.08 bits per heavy atom. The molecule has 190 valence electrons. The Morgan fingerprint density at radius 1 is 0.917 bits per heavy atom. The minimum absolute atomic E-state index is 0.0175. The van der Waals surface area contributed by atoms with E-state index in [-0.39, 0.29) is 34.0 Å². The van der Waals surface area contributed by atoms with Gasteiger partial charge in [0.1, 0.15) is 0 Å². The van der Waals surface area contributed by atoms with Gasteiger partial charge in [-0.15, -0.1) is 0 Å². The van der Waals surface area contributed by atoms with Crippen molar-refractivity contribution in [2.24, 2.45) is 0 Å². The SMILES string of the molecule is Cc1cc2c(cc1C(=O)c1ccc(C(=O)N(C)[C@H](C)[C@@H](O)c3ccccc3)o1)C(C)(C)CCC2(C)C. The minimum atomic E-state index is -0.845. The summed E-state index contributed by atoms with van der Waals surface area (Å²) in [5, 5.41) is 10.7. The zero-order valence-electron chi connectivity index (χ0n) is 22.4. The Balaban J connectivity index is 1.59. The second-order valence-electron chi connectivity index (χ2n) is 11.5. The van der Waals surface area contributed by atoms with E-state index in [2.05, 4.69) is 33.8 Å². The summed E-state index contributed by atoms with van der Waals surface area (Å²) in [5.41, 5.74) is 4.80. The van der Waals surface area contributed by atoms with E-state index in [1.807, 2.05) is 43.3 Å². The van der Waals surface area contributed by atoms with Crippen molar-refractivity contribution in [3.63, 3.8) is 0 Å². The van der Waals surface area contributed by atoms with Gasteiger partial charge in [-0.25, -0.2) is 0 Å². The molecule has 5 heteroatoms. The molecule has 4 rings (SSSR count). The molecular formula is C31H37NO4. The Morgan fingerprint density at radius 2 is 1.47 bits per heavy atom. The largest absolute Gasteiger partial charge is 0.447 e. The number of hydrogen-bond donors (Lipinski definition) is 1. The molecule has 2 atom stereocenters. The van der Waals surface area contributed by atoms with Gasteiger partial charge in [-0.3, -0.25) is 9.59 Å². The highest BCUT2D eigenvalue weighted by Gasteiger charge is 2.38. The van der Waals surface area contributed by atoms with Crippen LogP contribution in [-0.4, -0.2) is 34.8 Å². The fraction of sp³-hybridized carbons (Fsp3) is 0.419. The van der Waals surface area contributed by atoms with Crippen molar-refractivity contribution in [1.82, 2.24) is 4.90 Å². The summed E-state index contributed by atoms with van der Waals surface area (Å²) in [4.78, 5) is 28.1. The molecule has 1 aliphatic rings. The number of carbonyl (C=O) groups excluding carboxylic acids is 2. The third kappa shape index (κ3) is 4.64. The lowest BCUT2D eigenvalue weighted by Gasteiger charge is -2.42. The van der Waals surface area contributed by atoms with E-state index in [1.54, 1.807) is 20.0 Å². The van der Waals surface area contributed by atoms with Crippen LogP contribution in [0.4, 0.5) is 0 Å². The van der Waals surface area contributed by atoms with Crippen LogP contribution in [0.15, 0.2) is 59.0 Å². The number of carbonyl (C=O) groups is 2. The number of ketones is 1. The Hall–Kier alpha value is -3.18. The van der Waals surface area contributed by atoms with Crippen molar-refractivity contribution in [1.29, 1.82) is 0 Å². The number of amides is 1. The lowest BCUT2D eigenvalue weighted by Crippen LogP contribution is -2.38. The van der Waals surface area contributed by atoms with Crippen molar-refractivity contribution < 1.29 is 19.1 Å². The average molecular weight is 488 g/mol. The average Bonchev–Trinajstić information content (AvgIpc) is 3.35. The van der Waals surface area contributed by atoms with Crippen molar-refractivity contribution in [3.8, 4) is 0 Å². The number of fused-ring (bicyclic) bond motifs is 1. The van der Waals surface area contributed by atoms with E-state index in [0.29, 0.717) is 5.56 Å². The number of benzene rings is 2. The van der Waals surface area contributed by atoms with Gasteiger partial charge in [0.15, 0.2) is 11.5 Å². The normalized spacial score (nSPS) is 17.7. The van der Waals surface area contributed by atoms with E-state index in [1.165, 1.54) is 22.1 Å². The fourth-order valence-corrected chi connectivity index (χ4v) is 5.17. The molecule has 0 spiro atoms. The van der Waals surface area contributed by atoms with Gasteiger partial charge in [-0.2, -0.15) is 0 Å². The Labute approximate surface area is 214 Å². The molecule has 0 saturated heterocycles. The number of furan rings is 1. The molecule has 0 fully saturated rings. The van der Waals surface area contributed by atoms with Crippen LogP contribution in [0.1, 0.15) is 102 Å². The van der Waals surface area contributed by atoms with Crippen LogP contribution in [-0.2, 0) is 10.8 Å².